The van der Waals surface area contributed by atoms with Crippen LogP contribution in [0.4, 0.5) is 0 Å². The Balaban J connectivity index is 1.80. The third kappa shape index (κ3) is 3.50. The van der Waals surface area contributed by atoms with Crippen molar-refractivity contribution in [2.24, 2.45) is 0 Å². The summed E-state index contributed by atoms with van der Waals surface area (Å²) < 4.78 is 43.1. The van der Waals surface area contributed by atoms with Gasteiger partial charge in [-0.2, -0.15) is 4.31 Å². The zero-order chi connectivity index (χ0) is 18.7. The summed E-state index contributed by atoms with van der Waals surface area (Å²) in [6, 6.07) is 12.5. The Hall–Kier alpha value is -2.25. The molecule has 0 N–H and O–H groups in total. The fraction of sp³-hybridized carbons (Fsp3) is 0.368. The molecular weight excluding hydrogens is 354 g/mol. The van der Waals surface area contributed by atoms with Crippen LogP contribution in [0.25, 0.3) is 0 Å². The molecule has 1 atom stereocenters. The van der Waals surface area contributed by atoms with Gasteiger partial charge in [-0.15, -0.1) is 0 Å². The summed E-state index contributed by atoms with van der Waals surface area (Å²) in [6.45, 7) is 0.955. The van der Waals surface area contributed by atoms with Gasteiger partial charge in [0.1, 0.15) is 5.75 Å². The van der Waals surface area contributed by atoms with Crippen LogP contribution < -0.4 is 14.2 Å². The van der Waals surface area contributed by atoms with E-state index in [-0.39, 0.29) is 10.8 Å². The van der Waals surface area contributed by atoms with E-state index in [0.29, 0.717) is 24.6 Å². The van der Waals surface area contributed by atoms with E-state index in [1.807, 2.05) is 24.3 Å². The third-order valence-corrected chi connectivity index (χ3v) is 6.59. The standard InChI is InChI=1S/C19H23NO5S/c1-23-16-6-4-14(5-7-16)15-10-11-20(13-15)26(21,22)17-8-9-18(24-2)19(12-17)25-3/h4-9,12,15H,10-11,13H2,1-3H3. The maximum absolute atomic E-state index is 13.0. The second kappa shape index (κ2) is 7.55. The molecule has 1 aliphatic heterocycles. The van der Waals surface area contributed by atoms with Gasteiger partial charge in [-0.25, -0.2) is 8.42 Å². The van der Waals surface area contributed by atoms with Crippen LogP contribution in [0.1, 0.15) is 17.9 Å². The highest BCUT2D eigenvalue weighted by Crippen LogP contribution is 2.34. The average molecular weight is 377 g/mol. The monoisotopic (exact) mass is 377 g/mol. The molecule has 1 fully saturated rings. The minimum Gasteiger partial charge on any atom is -0.497 e. The summed E-state index contributed by atoms with van der Waals surface area (Å²) in [5.74, 6) is 1.88. The van der Waals surface area contributed by atoms with Gasteiger partial charge in [-0.1, -0.05) is 12.1 Å². The van der Waals surface area contributed by atoms with Crippen molar-refractivity contribution >= 4 is 10.0 Å². The van der Waals surface area contributed by atoms with Crippen LogP contribution in [-0.2, 0) is 10.0 Å². The molecule has 1 saturated heterocycles. The molecule has 1 heterocycles. The highest BCUT2D eigenvalue weighted by atomic mass is 32.2. The number of methoxy groups -OCH3 is 3. The summed E-state index contributed by atoms with van der Waals surface area (Å²) in [5.41, 5.74) is 1.12. The SMILES string of the molecule is COc1ccc(C2CCN(S(=O)(=O)c3ccc(OC)c(OC)c3)C2)cc1. The summed E-state index contributed by atoms with van der Waals surface area (Å²) in [4.78, 5) is 0.213. The summed E-state index contributed by atoms with van der Waals surface area (Å²) in [7, 11) is 1.06. The number of benzene rings is 2. The van der Waals surface area contributed by atoms with Crippen molar-refractivity contribution in [2.75, 3.05) is 34.4 Å². The van der Waals surface area contributed by atoms with Crippen molar-refractivity contribution in [1.29, 1.82) is 0 Å². The topological polar surface area (TPSA) is 65.1 Å². The summed E-state index contributed by atoms with van der Waals surface area (Å²) in [6.07, 6.45) is 0.791. The molecule has 2 aromatic rings. The van der Waals surface area contributed by atoms with Crippen LogP contribution in [-0.4, -0.2) is 47.1 Å². The van der Waals surface area contributed by atoms with Crippen molar-refractivity contribution in [3.05, 3.63) is 48.0 Å². The molecule has 3 rings (SSSR count). The second-order valence-electron chi connectivity index (χ2n) is 6.14. The summed E-state index contributed by atoms with van der Waals surface area (Å²) >= 11 is 0. The molecule has 7 heteroatoms. The highest BCUT2D eigenvalue weighted by Gasteiger charge is 2.33. The quantitative estimate of drug-likeness (QED) is 0.774. The van der Waals surface area contributed by atoms with Gasteiger partial charge in [-0.3, -0.25) is 0 Å². The van der Waals surface area contributed by atoms with Crippen molar-refractivity contribution in [3.8, 4) is 17.2 Å². The van der Waals surface area contributed by atoms with E-state index in [9.17, 15) is 8.42 Å². The van der Waals surface area contributed by atoms with Crippen molar-refractivity contribution in [2.45, 2.75) is 17.2 Å². The molecule has 140 valence electrons. The molecule has 0 saturated carbocycles. The van der Waals surface area contributed by atoms with E-state index in [1.165, 1.54) is 24.6 Å². The number of hydrogen-bond donors (Lipinski definition) is 0. The molecule has 0 bridgehead atoms. The number of ether oxygens (including phenoxy) is 3. The second-order valence-corrected chi connectivity index (χ2v) is 8.08. The molecule has 0 radical (unpaired) electrons. The zero-order valence-electron chi connectivity index (χ0n) is 15.1. The van der Waals surface area contributed by atoms with Gasteiger partial charge in [0.15, 0.2) is 11.5 Å². The zero-order valence-corrected chi connectivity index (χ0v) is 16.0. The van der Waals surface area contributed by atoms with E-state index in [2.05, 4.69) is 0 Å². The smallest absolute Gasteiger partial charge is 0.243 e. The van der Waals surface area contributed by atoms with E-state index in [0.717, 1.165) is 17.7 Å². The lowest BCUT2D eigenvalue weighted by Crippen LogP contribution is -2.28. The molecular formula is C19H23NO5S. The molecule has 26 heavy (non-hydrogen) atoms. The van der Waals surface area contributed by atoms with Gasteiger partial charge in [0.05, 0.1) is 26.2 Å². The molecule has 1 aliphatic rings. The van der Waals surface area contributed by atoms with Gasteiger partial charge in [0, 0.05) is 19.2 Å². The van der Waals surface area contributed by atoms with Crippen LogP contribution in [0.2, 0.25) is 0 Å². The van der Waals surface area contributed by atoms with Crippen LogP contribution in [0.5, 0.6) is 17.2 Å². The number of sulfonamides is 1. The Morgan fingerprint density at radius 2 is 1.62 bits per heavy atom. The van der Waals surface area contributed by atoms with E-state index in [1.54, 1.807) is 19.2 Å². The average Bonchev–Trinajstić information content (AvgIpc) is 3.18. The molecule has 2 aromatic carbocycles. The lowest BCUT2D eigenvalue weighted by atomic mass is 9.99. The van der Waals surface area contributed by atoms with Gasteiger partial charge in [0.2, 0.25) is 10.0 Å². The van der Waals surface area contributed by atoms with E-state index in [4.69, 9.17) is 14.2 Å². The number of rotatable bonds is 6. The Bertz CT molecular complexity index is 864. The Morgan fingerprint density at radius 3 is 2.23 bits per heavy atom. The minimum atomic E-state index is -3.58. The lowest BCUT2D eigenvalue weighted by Gasteiger charge is -2.18. The normalized spacial score (nSPS) is 17.9. The van der Waals surface area contributed by atoms with Crippen LogP contribution in [0.15, 0.2) is 47.4 Å². The molecule has 0 spiro atoms. The first-order valence-electron chi connectivity index (χ1n) is 8.35. The first-order valence-corrected chi connectivity index (χ1v) is 9.79. The molecule has 0 amide bonds. The molecule has 1 unspecified atom stereocenters. The van der Waals surface area contributed by atoms with E-state index < -0.39 is 10.0 Å². The van der Waals surface area contributed by atoms with Gasteiger partial charge in [-0.05, 0) is 42.2 Å². The fourth-order valence-corrected chi connectivity index (χ4v) is 4.74. The van der Waals surface area contributed by atoms with Crippen LogP contribution >= 0.6 is 0 Å². The first-order chi connectivity index (χ1) is 12.5. The van der Waals surface area contributed by atoms with Crippen LogP contribution in [0.3, 0.4) is 0 Å². The Labute approximate surface area is 154 Å². The molecule has 0 aliphatic carbocycles. The maximum Gasteiger partial charge on any atom is 0.243 e. The Kier molecular flexibility index (Phi) is 5.38. The van der Waals surface area contributed by atoms with Crippen molar-refractivity contribution in [1.82, 2.24) is 4.31 Å². The predicted octanol–water partition coefficient (Wildman–Crippen LogP) is 2.89. The fourth-order valence-electron chi connectivity index (χ4n) is 3.22. The van der Waals surface area contributed by atoms with E-state index >= 15 is 0 Å². The molecule has 0 aromatic heterocycles. The first kappa shape index (κ1) is 18.5. The summed E-state index contributed by atoms with van der Waals surface area (Å²) in [5, 5.41) is 0. The predicted molar refractivity (Wildman–Crippen MR) is 98.7 cm³/mol. The minimum absolute atomic E-state index is 0.177. The third-order valence-electron chi connectivity index (χ3n) is 4.73. The number of hydrogen-bond acceptors (Lipinski definition) is 5. The van der Waals surface area contributed by atoms with Crippen LogP contribution in [0, 0.1) is 0 Å². The molecule has 6 nitrogen and oxygen atoms in total. The van der Waals surface area contributed by atoms with Crippen molar-refractivity contribution < 1.29 is 22.6 Å². The van der Waals surface area contributed by atoms with Crippen molar-refractivity contribution in [3.63, 3.8) is 0 Å². The van der Waals surface area contributed by atoms with Gasteiger partial charge >= 0.3 is 0 Å². The maximum atomic E-state index is 13.0. The Morgan fingerprint density at radius 1 is 0.923 bits per heavy atom. The highest BCUT2D eigenvalue weighted by molar-refractivity contribution is 7.89. The van der Waals surface area contributed by atoms with Gasteiger partial charge < -0.3 is 14.2 Å². The number of nitrogens with zero attached hydrogens (tertiary/aromatic N) is 1. The lowest BCUT2D eigenvalue weighted by molar-refractivity contribution is 0.353. The van der Waals surface area contributed by atoms with Gasteiger partial charge in [0.25, 0.3) is 0 Å². The largest absolute Gasteiger partial charge is 0.497 e.